The monoisotopic (exact) mass is 330 g/mol. The molecule has 0 radical (unpaired) electrons. The van der Waals surface area contributed by atoms with Crippen LogP contribution in [0, 0.1) is 0 Å². The number of hydrogen-bond acceptors (Lipinski definition) is 6. The van der Waals surface area contributed by atoms with Crippen molar-refractivity contribution in [2.75, 3.05) is 19.4 Å². The summed E-state index contributed by atoms with van der Waals surface area (Å²) in [7, 11) is -1.38. The fourth-order valence-electron chi connectivity index (χ4n) is 1.63. The average Bonchev–Trinajstić information content (AvgIpc) is 2.40. The van der Waals surface area contributed by atoms with Crippen LogP contribution in [0.4, 0.5) is 11.4 Å². The van der Waals surface area contributed by atoms with Gasteiger partial charge in [0, 0.05) is 20.2 Å². The van der Waals surface area contributed by atoms with Crippen LogP contribution in [0.2, 0.25) is 5.02 Å². The van der Waals surface area contributed by atoms with E-state index in [0.29, 0.717) is 0 Å². The van der Waals surface area contributed by atoms with Gasteiger partial charge in [-0.1, -0.05) is 11.6 Å². The fourth-order valence-corrected chi connectivity index (χ4v) is 3.11. The Balaban J connectivity index is 2.55. The van der Waals surface area contributed by atoms with E-state index in [1.165, 1.54) is 26.2 Å². The molecule has 0 bridgehead atoms. The van der Waals surface area contributed by atoms with E-state index in [9.17, 15) is 23.1 Å². The molecule has 0 fully saturated rings. The van der Waals surface area contributed by atoms with E-state index in [2.05, 4.69) is 5.32 Å². The highest BCUT2D eigenvalue weighted by Crippen LogP contribution is 2.38. The predicted molar refractivity (Wildman–Crippen MR) is 78.6 cm³/mol. The van der Waals surface area contributed by atoms with E-state index >= 15 is 0 Å². The number of nitrogens with zero attached hydrogens (tertiary/aromatic N) is 1. The molecule has 0 aliphatic rings. The van der Waals surface area contributed by atoms with Gasteiger partial charge in [-0.2, -0.15) is 0 Å². The zero-order chi connectivity index (χ0) is 15.9. The number of phenols is 1. The number of benzene rings is 1. The molecule has 21 heavy (non-hydrogen) atoms. The smallest absolute Gasteiger partial charge is 0.249 e. The van der Waals surface area contributed by atoms with Gasteiger partial charge in [-0.15, -0.1) is 0 Å². The quantitative estimate of drug-likeness (QED) is 0.629. The minimum Gasteiger partial charge on any atom is -0.504 e. The molecule has 0 heterocycles. The van der Waals surface area contributed by atoms with E-state index in [1.54, 1.807) is 0 Å². The van der Waals surface area contributed by atoms with E-state index in [-0.39, 0.29) is 16.4 Å². The second-order valence-corrected chi connectivity index (χ2v) is 6.93. The first-order valence-electron chi connectivity index (χ1n) is 5.67. The minimum absolute atomic E-state index is 0.0224. The summed E-state index contributed by atoms with van der Waals surface area (Å²) in [4.78, 5) is 21.6. The Labute approximate surface area is 125 Å². The fraction of sp³-hybridized carbons (Fsp3) is 0.167. The first-order chi connectivity index (χ1) is 9.66. The van der Waals surface area contributed by atoms with Gasteiger partial charge in [0.25, 0.3) is 0 Å². The number of sulfonamides is 1. The van der Waals surface area contributed by atoms with Gasteiger partial charge >= 0.3 is 0 Å². The normalized spacial score (nSPS) is 12.0. The molecule has 0 saturated carbocycles. The standard InChI is InChI=1S/C12H11ClN2O5S/c1-15(2)21(19,20)12-6(13)3-4-7(11(12)18)14-8-5-9(16)10(8)17/h3-5,14,18H,1-2H3. The van der Waals surface area contributed by atoms with Gasteiger partial charge in [0.15, 0.2) is 5.75 Å². The summed E-state index contributed by atoms with van der Waals surface area (Å²) in [6.45, 7) is 0. The molecule has 0 aromatic heterocycles. The number of phenolic OH excluding ortho intramolecular Hbond substituents is 1. The summed E-state index contributed by atoms with van der Waals surface area (Å²) >= 11 is 5.84. The number of rotatable bonds is 4. The SMILES string of the molecule is CN(C)S(=O)(=O)c1c(Cl)ccc(Nc2cc(=O)c2=O)c1O. The highest BCUT2D eigenvalue weighted by atomic mass is 35.5. The Morgan fingerprint density at radius 1 is 1.19 bits per heavy atom. The maximum Gasteiger partial charge on any atom is 0.249 e. The van der Waals surface area contributed by atoms with Crippen molar-refractivity contribution in [3.8, 4) is 5.75 Å². The molecular weight excluding hydrogens is 320 g/mol. The third-order valence-electron chi connectivity index (χ3n) is 2.84. The lowest BCUT2D eigenvalue weighted by Gasteiger charge is -2.17. The molecule has 0 aliphatic carbocycles. The van der Waals surface area contributed by atoms with Crippen LogP contribution in [0.1, 0.15) is 0 Å². The summed E-state index contributed by atoms with van der Waals surface area (Å²) in [5.74, 6) is -0.621. The van der Waals surface area contributed by atoms with Gasteiger partial charge in [-0.05, 0) is 12.1 Å². The summed E-state index contributed by atoms with van der Waals surface area (Å²) in [5, 5.41) is 12.4. The Hall–Kier alpha value is -1.90. The van der Waals surface area contributed by atoms with Crippen molar-refractivity contribution in [1.29, 1.82) is 0 Å². The molecule has 2 N–H and O–H groups in total. The third-order valence-corrected chi connectivity index (χ3v) is 5.15. The Morgan fingerprint density at radius 2 is 1.81 bits per heavy atom. The van der Waals surface area contributed by atoms with Crippen molar-refractivity contribution in [1.82, 2.24) is 4.31 Å². The molecule has 2 aromatic carbocycles. The predicted octanol–water partition coefficient (Wildman–Crippen LogP) is 0.635. The van der Waals surface area contributed by atoms with Crippen molar-refractivity contribution in [3.05, 3.63) is 43.7 Å². The Kier molecular flexibility index (Phi) is 3.79. The molecule has 0 atom stereocenters. The van der Waals surface area contributed by atoms with Gasteiger partial charge in [-0.25, -0.2) is 12.7 Å². The Bertz CT molecular complexity index is 882. The molecule has 0 saturated heterocycles. The van der Waals surface area contributed by atoms with E-state index in [1.807, 2.05) is 0 Å². The van der Waals surface area contributed by atoms with Crippen molar-refractivity contribution in [2.45, 2.75) is 4.90 Å². The molecule has 0 aliphatic heterocycles. The van der Waals surface area contributed by atoms with Crippen LogP contribution < -0.4 is 16.2 Å². The molecule has 0 spiro atoms. The lowest BCUT2D eigenvalue weighted by atomic mass is 10.2. The van der Waals surface area contributed by atoms with Crippen LogP contribution in [0.5, 0.6) is 5.75 Å². The van der Waals surface area contributed by atoms with E-state index in [0.717, 1.165) is 10.4 Å². The summed E-state index contributed by atoms with van der Waals surface area (Å²) in [6.07, 6.45) is 0. The number of halogens is 1. The molecule has 9 heteroatoms. The van der Waals surface area contributed by atoms with Crippen LogP contribution in [0.3, 0.4) is 0 Å². The van der Waals surface area contributed by atoms with Crippen LogP contribution >= 0.6 is 11.6 Å². The highest BCUT2D eigenvalue weighted by Gasteiger charge is 2.27. The number of hydrogen-bond donors (Lipinski definition) is 2. The lowest BCUT2D eigenvalue weighted by Crippen LogP contribution is -2.31. The highest BCUT2D eigenvalue weighted by molar-refractivity contribution is 7.89. The summed E-state index contributed by atoms with van der Waals surface area (Å²) in [5.41, 5.74) is -1.45. The molecule has 112 valence electrons. The topological polar surface area (TPSA) is 104 Å². The second-order valence-electron chi connectivity index (χ2n) is 4.44. The third kappa shape index (κ3) is 2.53. The molecule has 2 rings (SSSR count). The maximum atomic E-state index is 12.1. The lowest BCUT2D eigenvalue weighted by molar-refractivity contribution is 0.455. The van der Waals surface area contributed by atoms with Crippen LogP contribution in [0.25, 0.3) is 0 Å². The average molecular weight is 331 g/mol. The first kappa shape index (κ1) is 15.5. The molecule has 2 aromatic rings. The minimum atomic E-state index is -3.97. The second kappa shape index (κ2) is 5.14. The number of nitrogens with one attached hydrogen (secondary N) is 1. The van der Waals surface area contributed by atoms with Crippen molar-refractivity contribution < 1.29 is 13.5 Å². The van der Waals surface area contributed by atoms with Crippen LogP contribution in [-0.4, -0.2) is 31.9 Å². The van der Waals surface area contributed by atoms with E-state index in [4.69, 9.17) is 11.6 Å². The molecule has 0 amide bonds. The van der Waals surface area contributed by atoms with Gasteiger partial charge in [0.05, 0.1) is 16.4 Å². The van der Waals surface area contributed by atoms with Crippen molar-refractivity contribution in [2.24, 2.45) is 0 Å². The summed E-state index contributed by atoms with van der Waals surface area (Å²) in [6, 6.07) is 3.63. The first-order valence-corrected chi connectivity index (χ1v) is 7.49. The zero-order valence-electron chi connectivity index (χ0n) is 11.0. The molecule has 7 nitrogen and oxygen atoms in total. The van der Waals surface area contributed by atoms with Gasteiger partial charge < -0.3 is 10.4 Å². The molecule has 0 unspecified atom stereocenters. The maximum absolute atomic E-state index is 12.1. The molecular formula is C12H11ClN2O5S. The Morgan fingerprint density at radius 3 is 2.29 bits per heavy atom. The zero-order valence-corrected chi connectivity index (χ0v) is 12.6. The summed E-state index contributed by atoms with van der Waals surface area (Å²) < 4.78 is 25.2. The van der Waals surface area contributed by atoms with Gasteiger partial charge in [0.2, 0.25) is 20.9 Å². The van der Waals surface area contributed by atoms with Gasteiger partial charge in [0.1, 0.15) is 4.90 Å². The van der Waals surface area contributed by atoms with E-state index < -0.39 is 31.5 Å². The largest absolute Gasteiger partial charge is 0.504 e. The number of anilines is 2. The van der Waals surface area contributed by atoms with Crippen LogP contribution in [-0.2, 0) is 10.0 Å². The van der Waals surface area contributed by atoms with Crippen molar-refractivity contribution in [3.63, 3.8) is 0 Å². The van der Waals surface area contributed by atoms with Gasteiger partial charge in [-0.3, -0.25) is 9.59 Å². The van der Waals surface area contributed by atoms with Crippen molar-refractivity contribution >= 4 is 33.0 Å². The number of aromatic hydroxyl groups is 1. The van der Waals surface area contributed by atoms with Crippen LogP contribution in [0.15, 0.2) is 32.7 Å².